The first-order valence-corrected chi connectivity index (χ1v) is 6.99. The minimum atomic E-state index is -1.50. The summed E-state index contributed by atoms with van der Waals surface area (Å²) in [5, 5.41) is 4.42. The second-order valence-corrected chi connectivity index (χ2v) is 5.70. The number of nitrogens with zero attached hydrogens (tertiary/aromatic N) is 2. The lowest BCUT2D eigenvalue weighted by Crippen LogP contribution is -2.55. The molecule has 0 aromatic heterocycles. The molecule has 1 aliphatic rings. The van der Waals surface area contributed by atoms with Gasteiger partial charge in [0.05, 0.1) is 12.3 Å². The van der Waals surface area contributed by atoms with Crippen LogP contribution in [0, 0.1) is 0 Å². The second-order valence-electron chi connectivity index (χ2n) is 4.82. The van der Waals surface area contributed by atoms with E-state index in [1.807, 2.05) is 0 Å². The maximum atomic E-state index is 12.2. The number of urea groups is 1. The van der Waals surface area contributed by atoms with Crippen molar-refractivity contribution in [3.63, 3.8) is 0 Å². The van der Waals surface area contributed by atoms with Gasteiger partial charge in [-0.1, -0.05) is 28.4 Å². The molecule has 4 N–H and O–H groups in total. The molecule has 3 amide bonds. The van der Waals surface area contributed by atoms with E-state index >= 15 is 0 Å². The Morgan fingerprint density at radius 1 is 1.27 bits per heavy atom. The summed E-state index contributed by atoms with van der Waals surface area (Å²) in [6.45, 7) is 0.0241. The van der Waals surface area contributed by atoms with E-state index in [0.717, 1.165) is 4.90 Å². The average molecular weight is 345 g/mol. The third kappa shape index (κ3) is 2.69. The summed E-state index contributed by atoms with van der Waals surface area (Å²) < 4.78 is 0. The van der Waals surface area contributed by atoms with Crippen molar-refractivity contribution < 1.29 is 14.4 Å². The standard InChI is InChI=1S/C13H14Cl2N4O3/c1-22-18-10-5-13(11(16)20,19(6-10)12(17)21)7-2-8(14)4-9(15)3-7/h2-4H,5-6H2,1H3,(H2,16,20)(H2,17,21)/b18-10+. The van der Waals surface area contributed by atoms with Gasteiger partial charge in [0, 0.05) is 16.5 Å². The first-order valence-electron chi connectivity index (χ1n) is 6.23. The minimum absolute atomic E-state index is 0.0241. The van der Waals surface area contributed by atoms with Gasteiger partial charge in [-0.3, -0.25) is 4.79 Å². The predicted octanol–water partition coefficient (Wildman–Crippen LogP) is 1.46. The van der Waals surface area contributed by atoms with Crippen LogP contribution in [-0.2, 0) is 15.2 Å². The molecule has 1 atom stereocenters. The SMILES string of the molecule is CO/N=C1/CN(C(N)=O)C(C(N)=O)(c2cc(Cl)cc(Cl)c2)C1. The number of hydrogen-bond donors (Lipinski definition) is 2. The van der Waals surface area contributed by atoms with E-state index in [4.69, 9.17) is 39.5 Å². The Labute approximate surface area is 136 Å². The number of carbonyl (C=O) groups excluding carboxylic acids is 2. The lowest BCUT2D eigenvalue weighted by atomic mass is 9.86. The Morgan fingerprint density at radius 3 is 2.32 bits per heavy atom. The lowest BCUT2D eigenvalue weighted by molar-refractivity contribution is -0.127. The molecule has 0 spiro atoms. The van der Waals surface area contributed by atoms with Crippen LogP contribution in [0.1, 0.15) is 12.0 Å². The number of likely N-dealkylation sites (tertiary alicyclic amines) is 1. The van der Waals surface area contributed by atoms with Crippen molar-refractivity contribution in [3.05, 3.63) is 33.8 Å². The fraction of sp³-hybridized carbons (Fsp3) is 0.308. The molecule has 1 heterocycles. The van der Waals surface area contributed by atoms with Crippen LogP contribution in [0.5, 0.6) is 0 Å². The van der Waals surface area contributed by atoms with Crippen molar-refractivity contribution in [2.24, 2.45) is 16.6 Å². The van der Waals surface area contributed by atoms with E-state index in [9.17, 15) is 9.59 Å². The van der Waals surface area contributed by atoms with Gasteiger partial charge in [0.15, 0.2) is 5.54 Å². The fourth-order valence-electron chi connectivity index (χ4n) is 2.63. The van der Waals surface area contributed by atoms with Crippen LogP contribution in [0.4, 0.5) is 4.79 Å². The number of carbonyl (C=O) groups is 2. The highest BCUT2D eigenvalue weighted by molar-refractivity contribution is 6.34. The number of halogens is 2. The van der Waals surface area contributed by atoms with Gasteiger partial charge in [0.2, 0.25) is 5.91 Å². The van der Waals surface area contributed by atoms with E-state index < -0.39 is 17.5 Å². The molecule has 1 unspecified atom stereocenters. The number of hydrogen-bond acceptors (Lipinski definition) is 4. The number of benzene rings is 1. The highest BCUT2D eigenvalue weighted by Crippen LogP contribution is 2.39. The third-order valence-corrected chi connectivity index (χ3v) is 3.93. The number of oxime groups is 1. The Kier molecular flexibility index (Phi) is 4.48. The molecular formula is C13H14Cl2N4O3. The first kappa shape index (κ1) is 16.4. The van der Waals surface area contributed by atoms with Crippen LogP contribution in [0.2, 0.25) is 10.0 Å². The van der Waals surface area contributed by atoms with Gasteiger partial charge in [-0.15, -0.1) is 0 Å². The van der Waals surface area contributed by atoms with Crippen molar-refractivity contribution >= 4 is 40.9 Å². The van der Waals surface area contributed by atoms with Crippen molar-refractivity contribution in [2.75, 3.05) is 13.7 Å². The molecule has 1 aromatic carbocycles. The highest BCUT2D eigenvalue weighted by Gasteiger charge is 2.52. The monoisotopic (exact) mass is 344 g/mol. The highest BCUT2D eigenvalue weighted by atomic mass is 35.5. The van der Waals surface area contributed by atoms with Crippen molar-refractivity contribution in [2.45, 2.75) is 12.0 Å². The molecule has 1 fully saturated rings. The van der Waals surface area contributed by atoms with Crippen LogP contribution in [0.3, 0.4) is 0 Å². The topological polar surface area (TPSA) is 111 Å². The van der Waals surface area contributed by atoms with Crippen LogP contribution in [0.15, 0.2) is 23.4 Å². The van der Waals surface area contributed by atoms with Crippen LogP contribution >= 0.6 is 23.2 Å². The lowest BCUT2D eigenvalue weighted by Gasteiger charge is -2.34. The maximum Gasteiger partial charge on any atom is 0.316 e. The minimum Gasteiger partial charge on any atom is -0.399 e. The number of amides is 3. The zero-order valence-corrected chi connectivity index (χ0v) is 13.2. The summed E-state index contributed by atoms with van der Waals surface area (Å²) in [5.74, 6) is -0.758. The molecule has 2 rings (SSSR count). The summed E-state index contributed by atoms with van der Waals surface area (Å²) in [7, 11) is 1.36. The van der Waals surface area contributed by atoms with Gasteiger partial charge in [-0.25, -0.2) is 4.79 Å². The number of nitrogens with two attached hydrogens (primary N) is 2. The predicted molar refractivity (Wildman–Crippen MR) is 82.7 cm³/mol. The Morgan fingerprint density at radius 2 is 1.86 bits per heavy atom. The summed E-state index contributed by atoms with van der Waals surface area (Å²) in [6, 6.07) is 3.74. The molecule has 0 aliphatic carbocycles. The van der Waals surface area contributed by atoms with E-state index in [1.54, 1.807) is 0 Å². The Bertz CT molecular complexity index is 644. The van der Waals surface area contributed by atoms with Gasteiger partial charge in [0.1, 0.15) is 7.11 Å². The number of rotatable bonds is 3. The normalized spacial score (nSPS) is 22.9. The molecule has 0 radical (unpaired) electrons. The average Bonchev–Trinajstić information content (AvgIpc) is 2.79. The van der Waals surface area contributed by atoms with Crippen LogP contribution in [0.25, 0.3) is 0 Å². The van der Waals surface area contributed by atoms with Crippen LogP contribution in [-0.4, -0.2) is 36.2 Å². The third-order valence-electron chi connectivity index (χ3n) is 3.50. The van der Waals surface area contributed by atoms with Gasteiger partial charge in [-0.05, 0) is 23.8 Å². The van der Waals surface area contributed by atoms with E-state index in [-0.39, 0.29) is 13.0 Å². The van der Waals surface area contributed by atoms with E-state index in [0.29, 0.717) is 21.3 Å². The maximum absolute atomic E-state index is 12.2. The smallest absolute Gasteiger partial charge is 0.316 e. The first-order chi connectivity index (χ1) is 10.3. The molecule has 1 aromatic rings. The van der Waals surface area contributed by atoms with Crippen molar-refractivity contribution in [1.82, 2.24) is 4.90 Å². The van der Waals surface area contributed by atoms with Gasteiger partial charge < -0.3 is 21.2 Å². The largest absolute Gasteiger partial charge is 0.399 e. The van der Waals surface area contributed by atoms with Crippen molar-refractivity contribution in [1.29, 1.82) is 0 Å². The van der Waals surface area contributed by atoms with E-state index in [1.165, 1.54) is 25.3 Å². The van der Waals surface area contributed by atoms with Gasteiger partial charge in [-0.2, -0.15) is 0 Å². The quantitative estimate of drug-likeness (QED) is 0.809. The van der Waals surface area contributed by atoms with Gasteiger partial charge >= 0.3 is 6.03 Å². The molecule has 22 heavy (non-hydrogen) atoms. The number of primary amides is 2. The molecule has 1 aliphatic heterocycles. The second kappa shape index (κ2) is 6.02. The summed E-state index contributed by atoms with van der Waals surface area (Å²) in [5.41, 5.74) is 10.3. The molecule has 9 heteroatoms. The summed E-state index contributed by atoms with van der Waals surface area (Å²) >= 11 is 12.0. The van der Waals surface area contributed by atoms with Crippen LogP contribution < -0.4 is 11.5 Å². The zero-order chi connectivity index (χ0) is 16.5. The van der Waals surface area contributed by atoms with Crippen molar-refractivity contribution in [3.8, 4) is 0 Å². The summed E-state index contributed by atoms with van der Waals surface area (Å²) in [6.07, 6.45) is 0.0514. The molecule has 118 valence electrons. The summed E-state index contributed by atoms with van der Waals surface area (Å²) in [4.78, 5) is 29.8. The zero-order valence-electron chi connectivity index (χ0n) is 11.7. The Hall–Kier alpha value is -1.99. The molecule has 0 bridgehead atoms. The molecule has 0 saturated carbocycles. The molecule has 7 nitrogen and oxygen atoms in total. The Balaban J connectivity index is 2.66. The molecule has 1 saturated heterocycles. The van der Waals surface area contributed by atoms with Gasteiger partial charge in [0.25, 0.3) is 0 Å². The van der Waals surface area contributed by atoms with E-state index in [2.05, 4.69) is 5.16 Å². The fourth-order valence-corrected chi connectivity index (χ4v) is 3.16. The molecular weight excluding hydrogens is 331 g/mol.